The predicted molar refractivity (Wildman–Crippen MR) is 81.2 cm³/mol. The number of hydrogen-bond acceptors (Lipinski definition) is 3. The molecule has 0 saturated carbocycles. The monoisotopic (exact) mass is 277 g/mol. The molecule has 1 N–H and O–H groups in total. The lowest BCUT2D eigenvalue weighted by Crippen LogP contribution is -2.36. The third kappa shape index (κ3) is 9.97. The first-order valence-corrected chi connectivity index (χ1v) is 9.52. The summed E-state index contributed by atoms with van der Waals surface area (Å²) in [6.07, 6.45) is 2.47. The van der Waals surface area contributed by atoms with Gasteiger partial charge >= 0.3 is 0 Å². The second kappa shape index (κ2) is 10.3. The quantitative estimate of drug-likeness (QED) is 0.609. The second-order valence-corrected chi connectivity index (χ2v) is 10.2. The van der Waals surface area contributed by atoms with Crippen molar-refractivity contribution in [3.8, 4) is 0 Å². The van der Waals surface area contributed by atoms with Gasteiger partial charge in [-0.15, -0.1) is 0 Å². The largest absolute Gasteiger partial charge is 0.427 e. The fourth-order valence-corrected chi connectivity index (χ4v) is 4.94. The molecule has 0 aliphatic rings. The zero-order chi connectivity index (χ0) is 13.3. The van der Waals surface area contributed by atoms with Gasteiger partial charge in [-0.3, -0.25) is 0 Å². The van der Waals surface area contributed by atoms with Crippen LogP contribution in [-0.4, -0.2) is 45.8 Å². The van der Waals surface area contributed by atoms with Crippen molar-refractivity contribution in [3.63, 3.8) is 0 Å². The Morgan fingerprint density at radius 1 is 0.824 bits per heavy atom. The molecule has 17 heavy (non-hydrogen) atoms. The maximum absolute atomic E-state index is 5.31. The first-order chi connectivity index (χ1) is 7.99. The predicted octanol–water partition coefficient (Wildman–Crippen LogP) is 1.21. The van der Waals surface area contributed by atoms with Crippen LogP contribution in [0.25, 0.3) is 0 Å². The molecule has 0 spiro atoms. The van der Waals surface area contributed by atoms with E-state index in [2.05, 4.69) is 33.0 Å². The van der Waals surface area contributed by atoms with Crippen LogP contribution in [0.15, 0.2) is 0 Å². The highest BCUT2D eigenvalue weighted by Crippen LogP contribution is 2.14. The lowest BCUT2D eigenvalue weighted by Gasteiger charge is -2.24. The van der Waals surface area contributed by atoms with Gasteiger partial charge in [0.2, 0.25) is 0 Å². The summed E-state index contributed by atoms with van der Waals surface area (Å²) in [4.78, 5) is 0. The summed E-state index contributed by atoms with van der Waals surface area (Å²) in [6.45, 7) is 9.18. The average molecular weight is 278 g/mol. The van der Waals surface area contributed by atoms with E-state index < -0.39 is 0 Å². The summed E-state index contributed by atoms with van der Waals surface area (Å²) < 4.78 is 10.6. The summed E-state index contributed by atoms with van der Waals surface area (Å²) in [7, 11) is 3.04. The van der Waals surface area contributed by atoms with Crippen LogP contribution < -0.4 is 5.32 Å². The van der Waals surface area contributed by atoms with Crippen molar-refractivity contribution < 1.29 is 8.85 Å². The second-order valence-electron chi connectivity index (χ2n) is 5.56. The zero-order valence-corrected chi connectivity index (χ0v) is 15.3. The topological polar surface area (TPSA) is 30.5 Å². The summed E-state index contributed by atoms with van der Waals surface area (Å²) in [5, 5.41) is 3.69. The molecule has 3 nitrogen and oxygen atoms in total. The molecule has 0 aromatic carbocycles. The van der Waals surface area contributed by atoms with Gasteiger partial charge < -0.3 is 14.2 Å². The van der Waals surface area contributed by atoms with E-state index in [9.17, 15) is 0 Å². The number of nitrogens with one attached hydrogen (secondary N) is 1. The molecular weight excluding hydrogens is 246 g/mol. The lowest BCUT2D eigenvalue weighted by molar-refractivity contribution is 0.387. The van der Waals surface area contributed by atoms with E-state index in [4.69, 9.17) is 8.85 Å². The third-order valence-electron chi connectivity index (χ3n) is 2.98. The molecule has 0 aliphatic carbocycles. The molecule has 0 amide bonds. The van der Waals surface area contributed by atoms with Gasteiger partial charge in [-0.05, 0) is 37.8 Å². The summed E-state index contributed by atoms with van der Waals surface area (Å²) in [5.41, 5.74) is 1.53. The molecule has 0 rings (SSSR count). The fraction of sp³-hybridized carbons (Fsp3) is 1.00. The van der Waals surface area contributed by atoms with Crippen LogP contribution in [0.4, 0.5) is 0 Å². The molecule has 0 aromatic heterocycles. The Bertz CT molecular complexity index is 166. The van der Waals surface area contributed by atoms with Crippen molar-refractivity contribution >= 4 is 19.5 Å². The van der Waals surface area contributed by atoms with E-state index in [0.717, 1.165) is 11.1 Å². The highest BCUT2D eigenvalue weighted by molar-refractivity contribution is 6.29. The summed E-state index contributed by atoms with van der Waals surface area (Å²) in [5.74, 6) is 0. The maximum atomic E-state index is 5.31. The minimum Gasteiger partial charge on any atom is -0.427 e. The van der Waals surface area contributed by atoms with E-state index in [-0.39, 0.29) is 19.5 Å². The van der Waals surface area contributed by atoms with Crippen LogP contribution in [0.1, 0.15) is 40.5 Å². The van der Waals surface area contributed by atoms with Crippen LogP contribution in [0.5, 0.6) is 0 Å². The maximum Gasteiger partial charge on any atom is 0.163 e. The Labute approximate surface area is 112 Å². The third-order valence-corrected chi connectivity index (χ3v) is 5.45. The van der Waals surface area contributed by atoms with Crippen molar-refractivity contribution in [1.82, 2.24) is 5.32 Å². The Morgan fingerprint density at radius 2 is 1.18 bits per heavy atom. The molecule has 5 heteroatoms. The van der Waals surface area contributed by atoms with Crippen LogP contribution in [0.3, 0.4) is 0 Å². The van der Waals surface area contributed by atoms with Gasteiger partial charge in [0, 0.05) is 26.3 Å². The van der Waals surface area contributed by atoms with Gasteiger partial charge in [0.25, 0.3) is 0 Å². The summed E-state index contributed by atoms with van der Waals surface area (Å²) in [6, 6.07) is 1.19. The average Bonchev–Trinajstić information content (AvgIpc) is 2.16. The van der Waals surface area contributed by atoms with Crippen molar-refractivity contribution in [2.24, 2.45) is 0 Å². The van der Waals surface area contributed by atoms with E-state index in [0.29, 0.717) is 12.1 Å². The first-order valence-electron chi connectivity index (χ1n) is 6.73. The molecule has 4 atom stereocenters. The molecule has 104 valence electrons. The number of hydrogen-bond donors (Lipinski definition) is 1. The highest BCUT2D eigenvalue weighted by atomic mass is 28.2. The first kappa shape index (κ1) is 17.3. The molecule has 0 radical (unpaired) electrons. The Morgan fingerprint density at radius 3 is 1.47 bits per heavy atom. The van der Waals surface area contributed by atoms with Gasteiger partial charge in [0.15, 0.2) is 19.5 Å². The molecule has 0 fully saturated rings. The molecule has 0 bridgehead atoms. The van der Waals surface area contributed by atoms with Gasteiger partial charge in [0.05, 0.1) is 0 Å². The smallest absolute Gasteiger partial charge is 0.163 e. The van der Waals surface area contributed by atoms with Crippen molar-refractivity contribution in [3.05, 3.63) is 0 Å². The van der Waals surface area contributed by atoms with Crippen LogP contribution in [0.2, 0.25) is 11.1 Å². The van der Waals surface area contributed by atoms with Crippen LogP contribution in [-0.2, 0) is 8.85 Å². The summed E-state index contributed by atoms with van der Waals surface area (Å²) >= 11 is 0. The van der Waals surface area contributed by atoms with Crippen molar-refractivity contribution in [2.75, 3.05) is 14.2 Å². The molecule has 0 aromatic rings. The zero-order valence-electron chi connectivity index (χ0n) is 12.5. The SMILES string of the molecule is CO[SiH2]C(C)CC(C)NC(C)CC(C)[SiH2]OC. The molecule has 4 unspecified atom stereocenters. The molecule has 0 heterocycles. The van der Waals surface area contributed by atoms with Gasteiger partial charge in [-0.1, -0.05) is 13.8 Å². The van der Waals surface area contributed by atoms with Gasteiger partial charge in [0.1, 0.15) is 0 Å². The molecule has 0 aliphatic heterocycles. The van der Waals surface area contributed by atoms with Crippen LogP contribution in [0, 0.1) is 0 Å². The minimum absolute atomic E-state index is 0.314. The highest BCUT2D eigenvalue weighted by Gasteiger charge is 2.14. The Balaban J connectivity index is 3.74. The molecular formula is C12H31NO2Si2. The van der Waals surface area contributed by atoms with Gasteiger partial charge in [-0.25, -0.2) is 0 Å². The van der Waals surface area contributed by atoms with E-state index in [1.165, 1.54) is 12.8 Å². The van der Waals surface area contributed by atoms with E-state index in [1.54, 1.807) is 0 Å². The van der Waals surface area contributed by atoms with E-state index >= 15 is 0 Å². The Kier molecular flexibility index (Phi) is 10.4. The van der Waals surface area contributed by atoms with Crippen molar-refractivity contribution in [2.45, 2.75) is 63.7 Å². The number of rotatable bonds is 10. The van der Waals surface area contributed by atoms with Gasteiger partial charge in [-0.2, -0.15) is 0 Å². The molecule has 0 saturated heterocycles. The standard InChI is InChI=1S/C12H31NO2Si2/c1-9(7-11(3)16-14-5)13-10(2)8-12(4)17-15-6/h9-13H,7-8,16-17H2,1-6H3. The Hall–Kier alpha value is 0.314. The minimum atomic E-state index is -0.314. The van der Waals surface area contributed by atoms with E-state index in [1.807, 2.05) is 14.2 Å². The fourth-order valence-electron chi connectivity index (χ4n) is 2.53. The lowest BCUT2D eigenvalue weighted by atomic mass is 10.1. The normalized spacial score (nSPS) is 20.1. The van der Waals surface area contributed by atoms with Crippen molar-refractivity contribution in [1.29, 1.82) is 0 Å². The van der Waals surface area contributed by atoms with Crippen LogP contribution >= 0.6 is 0 Å².